The van der Waals surface area contributed by atoms with Crippen LogP contribution in [0.3, 0.4) is 0 Å². The molecule has 0 aromatic heterocycles. The molecule has 0 aliphatic carbocycles. The average Bonchev–Trinajstić information content (AvgIpc) is 2.29. The van der Waals surface area contributed by atoms with Gasteiger partial charge in [-0.05, 0) is 27.2 Å². The minimum absolute atomic E-state index is 0.0402. The third-order valence-electron chi connectivity index (χ3n) is 3.28. The Bertz CT molecular complexity index is 157. The molecule has 0 fully saturated rings. The molecular formula is C17H36O. The maximum Gasteiger partial charge on any atom is 0.0598 e. The molecular weight excluding hydrogens is 220 g/mol. The van der Waals surface area contributed by atoms with E-state index in [4.69, 9.17) is 4.74 Å². The van der Waals surface area contributed by atoms with Crippen LogP contribution in [0.5, 0.6) is 0 Å². The van der Waals surface area contributed by atoms with Crippen LogP contribution in [0.25, 0.3) is 0 Å². The van der Waals surface area contributed by atoms with Crippen LogP contribution in [0.2, 0.25) is 0 Å². The summed E-state index contributed by atoms with van der Waals surface area (Å²) < 4.78 is 5.71. The minimum atomic E-state index is 0.0402. The summed E-state index contributed by atoms with van der Waals surface area (Å²) >= 11 is 0. The predicted octanol–water partition coefficient (Wildman–Crippen LogP) is 6.11. The molecule has 0 spiro atoms. The van der Waals surface area contributed by atoms with E-state index in [-0.39, 0.29) is 5.60 Å². The fraction of sp³-hybridized carbons (Fsp3) is 1.00. The van der Waals surface area contributed by atoms with Crippen molar-refractivity contribution < 1.29 is 4.74 Å². The van der Waals surface area contributed by atoms with Crippen LogP contribution in [0.15, 0.2) is 0 Å². The van der Waals surface area contributed by atoms with E-state index in [1.54, 1.807) is 0 Å². The first-order valence-electron chi connectivity index (χ1n) is 8.20. The van der Waals surface area contributed by atoms with E-state index in [0.29, 0.717) is 0 Å². The summed E-state index contributed by atoms with van der Waals surface area (Å²) in [4.78, 5) is 0. The van der Waals surface area contributed by atoms with Gasteiger partial charge in [0.2, 0.25) is 0 Å². The standard InChI is InChI=1S/C17H36O/c1-5-6-7-8-9-10-11-12-13-14-15-16-18-17(2,3)4/h5-16H2,1-4H3. The van der Waals surface area contributed by atoms with Crippen LogP contribution in [0.1, 0.15) is 98.3 Å². The number of hydrogen-bond donors (Lipinski definition) is 0. The van der Waals surface area contributed by atoms with Gasteiger partial charge in [-0.2, -0.15) is 0 Å². The van der Waals surface area contributed by atoms with Crippen molar-refractivity contribution in [2.24, 2.45) is 0 Å². The van der Waals surface area contributed by atoms with E-state index < -0.39 is 0 Å². The quantitative estimate of drug-likeness (QED) is 0.383. The fourth-order valence-corrected chi connectivity index (χ4v) is 2.14. The van der Waals surface area contributed by atoms with Crippen LogP contribution in [0.4, 0.5) is 0 Å². The normalized spacial score (nSPS) is 12.0. The third-order valence-corrected chi connectivity index (χ3v) is 3.28. The number of unbranched alkanes of at least 4 members (excludes halogenated alkanes) is 10. The van der Waals surface area contributed by atoms with Crippen molar-refractivity contribution in [1.29, 1.82) is 0 Å². The lowest BCUT2D eigenvalue weighted by molar-refractivity contribution is -0.00474. The summed E-state index contributed by atoms with van der Waals surface area (Å²) in [7, 11) is 0. The molecule has 0 aromatic carbocycles. The van der Waals surface area contributed by atoms with Gasteiger partial charge in [-0.15, -0.1) is 0 Å². The second-order valence-corrected chi connectivity index (χ2v) is 6.50. The molecule has 0 aliphatic heterocycles. The van der Waals surface area contributed by atoms with Crippen molar-refractivity contribution in [3.63, 3.8) is 0 Å². The summed E-state index contributed by atoms with van der Waals surface area (Å²) in [6, 6.07) is 0. The van der Waals surface area contributed by atoms with Gasteiger partial charge < -0.3 is 4.74 Å². The van der Waals surface area contributed by atoms with E-state index in [1.807, 2.05) is 0 Å². The van der Waals surface area contributed by atoms with Crippen molar-refractivity contribution in [2.45, 2.75) is 104 Å². The molecule has 110 valence electrons. The summed E-state index contributed by atoms with van der Waals surface area (Å²) in [5.41, 5.74) is 0.0402. The average molecular weight is 256 g/mol. The lowest BCUT2D eigenvalue weighted by Crippen LogP contribution is -2.19. The van der Waals surface area contributed by atoms with Crippen LogP contribution in [-0.4, -0.2) is 12.2 Å². The predicted molar refractivity (Wildman–Crippen MR) is 82.2 cm³/mol. The molecule has 0 heterocycles. The molecule has 0 aromatic rings. The molecule has 0 saturated heterocycles. The summed E-state index contributed by atoms with van der Waals surface area (Å²) in [5.74, 6) is 0. The Hall–Kier alpha value is -0.0400. The molecule has 1 heteroatoms. The molecule has 0 saturated carbocycles. The van der Waals surface area contributed by atoms with Crippen molar-refractivity contribution in [1.82, 2.24) is 0 Å². The molecule has 0 atom stereocenters. The van der Waals surface area contributed by atoms with Crippen molar-refractivity contribution in [2.75, 3.05) is 6.61 Å². The van der Waals surface area contributed by atoms with E-state index in [1.165, 1.54) is 70.6 Å². The Morgan fingerprint density at radius 2 is 1.00 bits per heavy atom. The zero-order chi connectivity index (χ0) is 13.7. The SMILES string of the molecule is CCCCCCCCCCCCCOC(C)(C)C. The van der Waals surface area contributed by atoms with Gasteiger partial charge in [0, 0.05) is 6.61 Å². The highest BCUT2D eigenvalue weighted by Gasteiger charge is 2.08. The Kier molecular flexibility index (Phi) is 12.0. The first-order valence-corrected chi connectivity index (χ1v) is 8.20. The third kappa shape index (κ3) is 16.0. The Balaban J connectivity index is 2.99. The van der Waals surface area contributed by atoms with E-state index in [9.17, 15) is 0 Å². The van der Waals surface area contributed by atoms with Crippen molar-refractivity contribution in [3.05, 3.63) is 0 Å². The summed E-state index contributed by atoms with van der Waals surface area (Å²) in [6.07, 6.45) is 15.4. The first-order chi connectivity index (χ1) is 8.56. The van der Waals surface area contributed by atoms with E-state index in [2.05, 4.69) is 27.7 Å². The van der Waals surface area contributed by atoms with Crippen LogP contribution >= 0.6 is 0 Å². The van der Waals surface area contributed by atoms with E-state index >= 15 is 0 Å². The van der Waals surface area contributed by atoms with Crippen LogP contribution in [-0.2, 0) is 4.74 Å². The number of hydrogen-bond acceptors (Lipinski definition) is 1. The molecule has 0 N–H and O–H groups in total. The molecule has 0 bridgehead atoms. The van der Waals surface area contributed by atoms with E-state index in [0.717, 1.165) is 6.61 Å². The molecule has 18 heavy (non-hydrogen) atoms. The smallest absolute Gasteiger partial charge is 0.0598 e. The highest BCUT2D eigenvalue weighted by molar-refractivity contribution is 4.58. The fourth-order valence-electron chi connectivity index (χ4n) is 2.14. The Labute approximate surface area is 116 Å². The lowest BCUT2D eigenvalue weighted by Gasteiger charge is -2.19. The van der Waals surface area contributed by atoms with Gasteiger partial charge in [0.15, 0.2) is 0 Å². The molecule has 0 aliphatic rings. The molecule has 0 unspecified atom stereocenters. The molecule has 0 amide bonds. The number of rotatable bonds is 12. The minimum Gasteiger partial charge on any atom is -0.376 e. The van der Waals surface area contributed by atoms with Crippen LogP contribution < -0.4 is 0 Å². The summed E-state index contributed by atoms with van der Waals surface area (Å²) in [6.45, 7) is 9.60. The monoisotopic (exact) mass is 256 g/mol. The largest absolute Gasteiger partial charge is 0.376 e. The maximum absolute atomic E-state index is 5.71. The number of ether oxygens (including phenoxy) is 1. The van der Waals surface area contributed by atoms with Gasteiger partial charge in [-0.1, -0.05) is 71.1 Å². The van der Waals surface area contributed by atoms with Gasteiger partial charge in [0.1, 0.15) is 0 Å². The van der Waals surface area contributed by atoms with Crippen LogP contribution in [0, 0.1) is 0 Å². The highest BCUT2D eigenvalue weighted by Crippen LogP contribution is 2.12. The summed E-state index contributed by atoms with van der Waals surface area (Å²) in [5, 5.41) is 0. The zero-order valence-corrected chi connectivity index (χ0v) is 13.4. The van der Waals surface area contributed by atoms with Crippen molar-refractivity contribution >= 4 is 0 Å². The molecule has 1 nitrogen and oxygen atoms in total. The second-order valence-electron chi connectivity index (χ2n) is 6.50. The molecule has 0 rings (SSSR count). The second kappa shape index (κ2) is 12.0. The van der Waals surface area contributed by atoms with Gasteiger partial charge >= 0.3 is 0 Å². The maximum atomic E-state index is 5.71. The van der Waals surface area contributed by atoms with Gasteiger partial charge in [0.05, 0.1) is 5.60 Å². The Morgan fingerprint density at radius 3 is 1.39 bits per heavy atom. The van der Waals surface area contributed by atoms with Gasteiger partial charge in [-0.25, -0.2) is 0 Å². The lowest BCUT2D eigenvalue weighted by atomic mass is 10.1. The first kappa shape index (κ1) is 18.0. The van der Waals surface area contributed by atoms with Crippen molar-refractivity contribution in [3.8, 4) is 0 Å². The Morgan fingerprint density at radius 1 is 0.611 bits per heavy atom. The zero-order valence-electron chi connectivity index (χ0n) is 13.4. The topological polar surface area (TPSA) is 9.23 Å². The van der Waals surface area contributed by atoms with Gasteiger partial charge in [-0.3, -0.25) is 0 Å². The molecule has 0 radical (unpaired) electrons. The highest BCUT2D eigenvalue weighted by atomic mass is 16.5. The van der Waals surface area contributed by atoms with Gasteiger partial charge in [0.25, 0.3) is 0 Å².